The Morgan fingerprint density at radius 2 is 2.14 bits per heavy atom. The van der Waals surface area contributed by atoms with Gasteiger partial charge in [0.1, 0.15) is 6.61 Å². The third-order valence-corrected chi connectivity index (χ3v) is 3.93. The quantitative estimate of drug-likeness (QED) is 0.840. The summed E-state index contributed by atoms with van der Waals surface area (Å²) in [7, 11) is 0. The van der Waals surface area contributed by atoms with Gasteiger partial charge in [-0.05, 0) is 51.3 Å². The number of benzene rings is 1. The van der Waals surface area contributed by atoms with Crippen LogP contribution in [0.3, 0.4) is 0 Å². The van der Waals surface area contributed by atoms with Gasteiger partial charge in [0.2, 0.25) is 0 Å². The Labute approximate surface area is 135 Å². The van der Waals surface area contributed by atoms with Gasteiger partial charge >= 0.3 is 6.09 Å². The number of nitrogens with two attached hydrogens (primary N) is 1. The molecule has 2 rings (SSSR count). The summed E-state index contributed by atoms with van der Waals surface area (Å²) >= 11 is 1.67. The molecular formula is C16H23N3O2S. The molecule has 0 unspecified atom stereocenters. The van der Waals surface area contributed by atoms with Crippen molar-refractivity contribution in [1.82, 2.24) is 5.01 Å². The molecule has 1 aromatic carbocycles. The van der Waals surface area contributed by atoms with E-state index in [4.69, 9.17) is 10.5 Å². The van der Waals surface area contributed by atoms with Crippen molar-refractivity contribution in [2.24, 2.45) is 5.73 Å². The first-order valence-electron chi connectivity index (χ1n) is 7.24. The van der Waals surface area contributed by atoms with Gasteiger partial charge in [-0.1, -0.05) is 6.07 Å². The monoisotopic (exact) mass is 321 g/mol. The molecule has 5 nitrogen and oxygen atoms in total. The molecule has 0 saturated heterocycles. The van der Waals surface area contributed by atoms with E-state index in [0.717, 1.165) is 11.1 Å². The molecule has 0 bridgehead atoms. The smallest absolute Gasteiger partial charge is 0.429 e. The molecule has 120 valence electrons. The van der Waals surface area contributed by atoms with Crippen LogP contribution < -0.4 is 11.2 Å². The van der Waals surface area contributed by atoms with Gasteiger partial charge in [-0.15, -0.1) is 11.3 Å². The number of carbonyl (C=O) groups is 1. The van der Waals surface area contributed by atoms with Crippen LogP contribution in [0, 0.1) is 0 Å². The van der Waals surface area contributed by atoms with Gasteiger partial charge in [0.25, 0.3) is 0 Å². The fourth-order valence-corrected chi connectivity index (χ4v) is 2.78. The summed E-state index contributed by atoms with van der Waals surface area (Å²) in [5, 5.41) is 4.62. The van der Waals surface area contributed by atoms with E-state index < -0.39 is 11.6 Å². The molecule has 0 aliphatic rings. The van der Waals surface area contributed by atoms with E-state index in [1.807, 2.05) is 44.4 Å². The lowest BCUT2D eigenvalue weighted by Gasteiger charge is -2.35. The zero-order valence-electron chi connectivity index (χ0n) is 13.4. The Morgan fingerprint density at radius 3 is 2.77 bits per heavy atom. The fourth-order valence-electron chi connectivity index (χ4n) is 1.97. The lowest BCUT2D eigenvalue weighted by atomic mass is 10.1. The highest BCUT2D eigenvalue weighted by atomic mass is 32.1. The van der Waals surface area contributed by atoms with Gasteiger partial charge in [0, 0.05) is 16.1 Å². The van der Waals surface area contributed by atoms with Crippen LogP contribution in [0.4, 0.5) is 10.5 Å². The van der Waals surface area contributed by atoms with Gasteiger partial charge in [-0.25, -0.2) is 9.80 Å². The highest BCUT2D eigenvalue weighted by molar-refractivity contribution is 7.17. The Hall–Kier alpha value is -1.79. The van der Waals surface area contributed by atoms with Crippen LogP contribution in [-0.2, 0) is 4.74 Å². The first-order chi connectivity index (χ1) is 10.3. The van der Waals surface area contributed by atoms with Gasteiger partial charge in [-0.2, -0.15) is 0 Å². The summed E-state index contributed by atoms with van der Waals surface area (Å²) in [4.78, 5) is 12.4. The molecule has 1 aromatic heterocycles. The predicted octanol–water partition coefficient (Wildman–Crippen LogP) is 3.81. The molecule has 0 aliphatic carbocycles. The summed E-state index contributed by atoms with van der Waals surface area (Å²) in [5.74, 6) is 0. The number of anilines is 1. The van der Waals surface area contributed by atoms with Crippen molar-refractivity contribution in [1.29, 1.82) is 0 Å². The number of hydrogen-bond donors (Lipinski definition) is 2. The van der Waals surface area contributed by atoms with Crippen LogP contribution in [0.5, 0.6) is 0 Å². The van der Waals surface area contributed by atoms with E-state index >= 15 is 0 Å². The topological polar surface area (TPSA) is 67.6 Å². The van der Waals surface area contributed by atoms with Gasteiger partial charge in [-0.3, -0.25) is 5.43 Å². The first kappa shape index (κ1) is 16.6. The maximum absolute atomic E-state index is 12.4. The lowest BCUT2D eigenvalue weighted by molar-refractivity contribution is 0.0774. The van der Waals surface area contributed by atoms with Crippen molar-refractivity contribution < 1.29 is 9.53 Å². The molecule has 0 saturated carbocycles. The maximum atomic E-state index is 12.4. The average Bonchev–Trinajstić information content (AvgIpc) is 2.89. The molecule has 6 heteroatoms. The minimum atomic E-state index is -0.437. The zero-order valence-corrected chi connectivity index (χ0v) is 14.2. The van der Waals surface area contributed by atoms with Crippen LogP contribution in [0.15, 0.2) is 29.6 Å². The summed E-state index contributed by atoms with van der Waals surface area (Å²) in [6.07, 6.45) is -0.433. The predicted molar refractivity (Wildman–Crippen MR) is 92.0 cm³/mol. The third kappa shape index (κ3) is 3.90. The average molecular weight is 321 g/mol. The van der Waals surface area contributed by atoms with Gasteiger partial charge < -0.3 is 10.5 Å². The molecule has 1 amide bonds. The van der Waals surface area contributed by atoms with E-state index in [0.29, 0.717) is 0 Å². The van der Waals surface area contributed by atoms with Crippen LogP contribution in [0.1, 0.15) is 27.7 Å². The number of rotatable bonds is 4. The van der Waals surface area contributed by atoms with Crippen molar-refractivity contribution in [2.45, 2.75) is 39.3 Å². The maximum Gasteiger partial charge on any atom is 0.429 e. The second-order valence-corrected chi connectivity index (χ2v) is 7.26. The fraction of sp³-hybridized carbons (Fsp3) is 0.438. The van der Waals surface area contributed by atoms with E-state index in [1.54, 1.807) is 18.3 Å². The van der Waals surface area contributed by atoms with Crippen molar-refractivity contribution in [3.05, 3.63) is 29.6 Å². The second-order valence-electron chi connectivity index (χ2n) is 6.31. The molecule has 0 aliphatic heterocycles. The van der Waals surface area contributed by atoms with E-state index in [1.165, 1.54) is 9.71 Å². The Balaban J connectivity index is 2.23. The molecule has 0 spiro atoms. The first-order valence-corrected chi connectivity index (χ1v) is 8.12. The zero-order chi connectivity index (χ0) is 16.3. The van der Waals surface area contributed by atoms with Crippen LogP contribution in [0.25, 0.3) is 10.1 Å². The Morgan fingerprint density at radius 1 is 1.41 bits per heavy atom. The number of amides is 1. The third-order valence-electron chi connectivity index (χ3n) is 3.05. The van der Waals surface area contributed by atoms with Crippen LogP contribution in [-0.4, -0.2) is 29.3 Å². The normalized spacial score (nSPS) is 13.0. The minimum Gasteiger partial charge on any atom is -0.447 e. The molecule has 1 atom stereocenters. The Bertz CT molecular complexity index is 646. The number of fused-ring (bicyclic) bond motifs is 1. The molecule has 0 radical (unpaired) electrons. The lowest BCUT2D eigenvalue weighted by Crippen LogP contribution is -2.50. The standard InChI is InChI=1S/C16H23N3O2S/c1-11(17)10-21-15(20)19(16(2,3)4)18-13-6-5-7-14-12(13)8-9-22-14/h5-9,11,18H,10,17H2,1-4H3/t11-/m1/s1. The molecule has 22 heavy (non-hydrogen) atoms. The van der Waals surface area contributed by atoms with Crippen molar-refractivity contribution in [2.75, 3.05) is 12.0 Å². The largest absolute Gasteiger partial charge is 0.447 e. The SMILES string of the molecule is C[C@@H](N)COC(=O)N(Nc1cccc2sccc12)C(C)(C)C. The van der Waals surface area contributed by atoms with Crippen LogP contribution in [0.2, 0.25) is 0 Å². The van der Waals surface area contributed by atoms with Gasteiger partial charge in [0.05, 0.1) is 11.2 Å². The van der Waals surface area contributed by atoms with Crippen molar-refractivity contribution in [3.8, 4) is 0 Å². The summed E-state index contributed by atoms with van der Waals surface area (Å²) < 4.78 is 6.43. The molecule has 1 heterocycles. The summed E-state index contributed by atoms with van der Waals surface area (Å²) in [6.45, 7) is 7.83. The molecule has 0 fully saturated rings. The van der Waals surface area contributed by atoms with E-state index in [2.05, 4.69) is 11.5 Å². The van der Waals surface area contributed by atoms with Crippen LogP contribution >= 0.6 is 11.3 Å². The number of hydrazine groups is 1. The number of nitrogens with zero attached hydrogens (tertiary/aromatic N) is 1. The number of ether oxygens (including phenoxy) is 1. The summed E-state index contributed by atoms with van der Waals surface area (Å²) in [5.41, 5.74) is 9.29. The number of hydrogen-bond acceptors (Lipinski definition) is 5. The second kappa shape index (κ2) is 6.54. The van der Waals surface area contributed by atoms with E-state index in [-0.39, 0.29) is 12.6 Å². The van der Waals surface area contributed by atoms with Crippen molar-refractivity contribution >= 4 is 33.2 Å². The van der Waals surface area contributed by atoms with Crippen molar-refractivity contribution in [3.63, 3.8) is 0 Å². The Kier molecular flexibility index (Phi) is 4.93. The highest BCUT2D eigenvalue weighted by Gasteiger charge is 2.29. The molecule has 3 N–H and O–H groups in total. The molecule has 2 aromatic rings. The number of carbonyl (C=O) groups excluding carboxylic acids is 1. The van der Waals surface area contributed by atoms with Gasteiger partial charge in [0.15, 0.2) is 0 Å². The van der Waals surface area contributed by atoms with E-state index in [9.17, 15) is 4.79 Å². The number of nitrogens with one attached hydrogen (secondary N) is 1. The molecular weight excluding hydrogens is 298 g/mol. The highest BCUT2D eigenvalue weighted by Crippen LogP contribution is 2.29. The minimum absolute atomic E-state index is 0.189. The number of thiophene rings is 1. The summed E-state index contributed by atoms with van der Waals surface area (Å²) in [6, 6.07) is 7.82.